The van der Waals surface area contributed by atoms with E-state index in [0.717, 1.165) is 28.7 Å². The number of rotatable bonds is 6. The van der Waals surface area contributed by atoms with Crippen LogP contribution in [0.1, 0.15) is 11.3 Å². The molecular weight excluding hydrogens is 280 g/mol. The molecule has 2 N–H and O–H groups in total. The summed E-state index contributed by atoms with van der Waals surface area (Å²) in [6, 6.07) is 5.91. The fourth-order valence-electron chi connectivity index (χ4n) is 1.61. The first kappa shape index (κ1) is 14.0. The third-order valence-corrected chi connectivity index (χ3v) is 4.26. The van der Waals surface area contributed by atoms with Crippen molar-refractivity contribution in [2.45, 2.75) is 11.5 Å². The maximum atomic E-state index is 5.60. The number of methoxy groups -OCH3 is 2. The molecule has 19 heavy (non-hydrogen) atoms. The average molecular weight is 296 g/mol. The minimum atomic E-state index is 0.624. The molecule has 0 radical (unpaired) electrons. The minimum Gasteiger partial charge on any atom is -0.497 e. The predicted molar refractivity (Wildman–Crippen MR) is 81.1 cm³/mol. The lowest BCUT2D eigenvalue weighted by Crippen LogP contribution is -1.91. The second-order valence-corrected chi connectivity index (χ2v) is 5.77. The quantitative estimate of drug-likeness (QED) is 0.887. The van der Waals surface area contributed by atoms with E-state index in [1.807, 2.05) is 23.6 Å². The number of aromatic nitrogens is 1. The van der Waals surface area contributed by atoms with Crippen LogP contribution in [0.5, 0.6) is 11.5 Å². The summed E-state index contributed by atoms with van der Waals surface area (Å²) in [6.45, 7) is 0. The average Bonchev–Trinajstić information content (AvgIpc) is 2.84. The van der Waals surface area contributed by atoms with E-state index in [0.29, 0.717) is 5.13 Å². The molecule has 1 aromatic heterocycles. The van der Waals surface area contributed by atoms with Gasteiger partial charge in [0.2, 0.25) is 0 Å². The molecule has 0 aliphatic rings. The van der Waals surface area contributed by atoms with Crippen LogP contribution in [0.2, 0.25) is 0 Å². The van der Waals surface area contributed by atoms with E-state index in [1.165, 1.54) is 16.9 Å². The number of nitrogen functional groups attached to an aromatic ring is 1. The van der Waals surface area contributed by atoms with Crippen molar-refractivity contribution in [3.8, 4) is 11.5 Å². The maximum absolute atomic E-state index is 5.60. The minimum absolute atomic E-state index is 0.624. The number of benzene rings is 1. The van der Waals surface area contributed by atoms with Crippen molar-refractivity contribution >= 4 is 28.2 Å². The Balaban J connectivity index is 1.95. The molecule has 0 saturated heterocycles. The number of hydrogen-bond donors (Lipinski definition) is 1. The zero-order valence-electron chi connectivity index (χ0n) is 10.9. The van der Waals surface area contributed by atoms with Crippen LogP contribution in [0, 0.1) is 0 Å². The fraction of sp³-hybridized carbons (Fsp3) is 0.308. The van der Waals surface area contributed by atoms with Gasteiger partial charge in [-0.3, -0.25) is 0 Å². The summed E-state index contributed by atoms with van der Waals surface area (Å²) in [4.78, 5) is 4.24. The number of nitrogens with two attached hydrogens (primary N) is 1. The highest BCUT2D eigenvalue weighted by atomic mass is 32.2. The largest absolute Gasteiger partial charge is 0.497 e. The van der Waals surface area contributed by atoms with Crippen LogP contribution >= 0.6 is 23.1 Å². The van der Waals surface area contributed by atoms with Gasteiger partial charge in [-0.15, -0.1) is 11.3 Å². The number of thioether (sulfide) groups is 1. The van der Waals surface area contributed by atoms with Crippen molar-refractivity contribution in [3.05, 3.63) is 34.8 Å². The number of nitrogens with zero attached hydrogens (tertiary/aromatic N) is 1. The smallest absolute Gasteiger partial charge is 0.180 e. The van der Waals surface area contributed by atoms with Crippen LogP contribution in [0.25, 0.3) is 0 Å². The van der Waals surface area contributed by atoms with Crippen molar-refractivity contribution in [3.63, 3.8) is 0 Å². The second-order valence-electron chi connectivity index (χ2n) is 3.89. The monoisotopic (exact) mass is 296 g/mol. The van der Waals surface area contributed by atoms with Gasteiger partial charge in [0.15, 0.2) is 5.13 Å². The lowest BCUT2D eigenvalue weighted by molar-refractivity contribution is 0.393. The number of hydrogen-bond acceptors (Lipinski definition) is 6. The lowest BCUT2D eigenvalue weighted by Gasteiger charge is -2.08. The zero-order chi connectivity index (χ0) is 13.7. The molecule has 1 aromatic carbocycles. The Morgan fingerprint density at radius 3 is 2.37 bits per heavy atom. The summed E-state index contributed by atoms with van der Waals surface area (Å²) in [5.41, 5.74) is 7.80. The van der Waals surface area contributed by atoms with E-state index >= 15 is 0 Å². The highest BCUT2D eigenvalue weighted by Crippen LogP contribution is 2.26. The molecule has 1 heterocycles. The second kappa shape index (κ2) is 6.68. The molecule has 2 aromatic rings. The Kier molecular flexibility index (Phi) is 4.93. The van der Waals surface area contributed by atoms with E-state index < -0.39 is 0 Å². The van der Waals surface area contributed by atoms with Gasteiger partial charge in [-0.05, 0) is 17.7 Å². The molecule has 0 unspecified atom stereocenters. The Morgan fingerprint density at radius 1 is 1.16 bits per heavy atom. The summed E-state index contributed by atoms with van der Waals surface area (Å²) < 4.78 is 10.5. The van der Waals surface area contributed by atoms with E-state index in [1.54, 1.807) is 26.0 Å². The number of thiazole rings is 1. The molecular formula is C13H16N2O2S2. The van der Waals surface area contributed by atoms with Gasteiger partial charge in [-0.25, -0.2) is 4.98 Å². The van der Waals surface area contributed by atoms with E-state index in [2.05, 4.69) is 4.98 Å². The summed E-state index contributed by atoms with van der Waals surface area (Å²) in [5.74, 6) is 3.36. The van der Waals surface area contributed by atoms with Crippen LogP contribution < -0.4 is 15.2 Å². The van der Waals surface area contributed by atoms with E-state index in [9.17, 15) is 0 Å². The first-order valence-electron chi connectivity index (χ1n) is 5.71. The molecule has 0 bridgehead atoms. The topological polar surface area (TPSA) is 57.4 Å². The van der Waals surface area contributed by atoms with Crippen molar-refractivity contribution in [2.75, 3.05) is 20.0 Å². The molecule has 0 aliphatic carbocycles. The first-order chi connectivity index (χ1) is 9.21. The molecule has 0 aliphatic heterocycles. The highest BCUT2D eigenvalue weighted by molar-refractivity contribution is 7.97. The molecule has 102 valence electrons. The third-order valence-electron chi connectivity index (χ3n) is 2.50. The number of anilines is 1. The van der Waals surface area contributed by atoms with Crippen molar-refractivity contribution < 1.29 is 9.47 Å². The molecule has 2 rings (SSSR count). The van der Waals surface area contributed by atoms with Crippen LogP contribution in [-0.2, 0) is 11.5 Å². The fourth-order valence-corrected chi connectivity index (χ4v) is 3.14. The van der Waals surface area contributed by atoms with Gasteiger partial charge in [-0.2, -0.15) is 11.8 Å². The third kappa shape index (κ3) is 4.04. The normalized spacial score (nSPS) is 10.4. The van der Waals surface area contributed by atoms with Crippen LogP contribution in [0.15, 0.2) is 23.6 Å². The van der Waals surface area contributed by atoms with Crippen LogP contribution in [-0.4, -0.2) is 19.2 Å². The lowest BCUT2D eigenvalue weighted by atomic mass is 10.2. The van der Waals surface area contributed by atoms with Crippen molar-refractivity contribution in [1.29, 1.82) is 0 Å². The van der Waals surface area contributed by atoms with Gasteiger partial charge in [0, 0.05) is 23.0 Å². The van der Waals surface area contributed by atoms with Gasteiger partial charge in [0.05, 0.1) is 19.9 Å². The van der Waals surface area contributed by atoms with Gasteiger partial charge >= 0.3 is 0 Å². The first-order valence-corrected chi connectivity index (χ1v) is 7.74. The molecule has 4 nitrogen and oxygen atoms in total. The Morgan fingerprint density at radius 2 is 1.84 bits per heavy atom. The summed E-state index contributed by atoms with van der Waals surface area (Å²) in [7, 11) is 3.31. The van der Waals surface area contributed by atoms with Gasteiger partial charge < -0.3 is 15.2 Å². The summed E-state index contributed by atoms with van der Waals surface area (Å²) in [6.07, 6.45) is 0. The Labute approximate surface area is 120 Å². The van der Waals surface area contributed by atoms with Gasteiger partial charge in [0.1, 0.15) is 11.5 Å². The van der Waals surface area contributed by atoms with Gasteiger partial charge in [0.25, 0.3) is 0 Å². The number of ether oxygens (including phenoxy) is 2. The summed E-state index contributed by atoms with van der Waals surface area (Å²) >= 11 is 3.26. The van der Waals surface area contributed by atoms with Crippen LogP contribution in [0.3, 0.4) is 0 Å². The molecule has 0 spiro atoms. The zero-order valence-corrected chi connectivity index (χ0v) is 12.5. The van der Waals surface area contributed by atoms with E-state index in [-0.39, 0.29) is 0 Å². The maximum Gasteiger partial charge on any atom is 0.180 e. The van der Waals surface area contributed by atoms with Crippen LogP contribution in [0.4, 0.5) is 5.13 Å². The molecule has 0 amide bonds. The Hall–Kier alpha value is -1.40. The van der Waals surface area contributed by atoms with Crippen molar-refractivity contribution in [1.82, 2.24) is 4.98 Å². The predicted octanol–water partition coefficient (Wildman–Crippen LogP) is 3.18. The molecule has 0 saturated carbocycles. The molecule has 6 heteroatoms. The highest BCUT2D eigenvalue weighted by Gasteiger charge is 2.04. The SMILES string of the molecule is COc1cc(CSCc2csc(N)n2)cc(OC)c1. The van der Waals surface area contributed by atoms with Crippen molar-refractivity contribution in [2.24, 2.45) is 0 Å². The Bertz CT molecular complexity index is 521. The molecule has 0 fully saturated rings. The molecule has 0 atom stereocenters. The van der Waals surface area contributed by atoms with Gasteiger partial charge in [-0.1, -0.05) is 0 Å². The standard InChI is InChI=1S/C13H16N2O2S2/c1-16-11-3-9(4-12(5-11)17-2)6-18-7-10-8-19-13(14)15-10/h3-5,8H,6-7H2,1-2H3,(H2,14,15). The summed E-state index contributed by atoms with van der Waals surface area (Å²) in [5, 5.41) is 2.62. The van der Waals surface area contributed by atoms with E-state index in [4.69, 9.17) is 15.2 Å².